The summed E-state index contributed by atoms with van der Waals surface area (Å²) in [6.07, 6.45) is 1.57. The lowest BCUT2D eigenvalue weighted by Gasteiger charge is -1.95. The van der Waals surface area contributed by atoms with Gasteiger partial charge in [0.05, 0.1) is 6.20 Å². The number of fused-ring (bicyclic) bond motifs is 1. The van der Waals surface area contributed by atoms with Gasteiger partial charge in [0.15, 0.2) is 0 Å². The van der Waals surface area contributed by atoms with Crippen molar-refractivity contribution in [2.45, 2.75) is 0 Å². The van der Waals surface area contributed by atoms with E-state index in [4.69, 9.17) is 34.8 Å². The van der Waals surface area contributed by atoms with Gasteiger partial charge in [0.25, 0.3) is 0 Å². The van der Waals surface area contributed by atoms with E-state index in [-0.39, 0.29) is 5.28 Å². The van der Waals surface area contributed by atoms with Gasteiger partial charge in [0.1, 0.15) is 16.0 Å². The Labute approximate surface area is 82.9 Å². The molecule has 0 amide bonds. The number of imidazole rings is 1. The number of aromatic nitrogens is 3. The van der Waals surface area contributed by atoms with Gasteiger partial charge in [-0.05, 0) is 11.6 Å². The molecule has 0 aromatic carbocycles. The van der Waals surface area contributed by atoms with Crippen LogP contribution in [-0.4, -0.2) is 14.4 Å². The van der Waals surface area contributed by atoms with Gasteiger partial charge in [-0.3, -0.25) is 4.40 Å². The Hall–Kier alpha value is -0.510. The highest BCUT2D eigenvalue weighted by Crippen LogP contribution is 2.17. The molecule has 62 valence electrons. The van der Waals surface area contributed by atoms with Gasteiger partial charge in [0.2, 0.25) is 5.28 Å². The lowest BCUT2D eigenvalue weighted by molar-refractivity contribution is 1.09. The molecule has 2 aromatic rings. The molecular weight excluding hydrogens is 220 g/mol. The van der Waals surface area contributed by atoms with Crippen LogP contribution >= 0.6 is 34.8 Å². The third-order valence-electron chi connectivity index (χ3n) is 1.35. The Kier molecular flexibility index (Phi) is 1.87. The predicted molar refractivity (Wildman–Crippen MR) is 48.0 cm³/mol. The number of halogens is 3. The topological polar surface area (TPSA) is 30.2 Å². The van der Waals surface area contributed by atoms with Gasteiger partial charge in [-0.25, -0.2) is 9.97 Å². The first-order chi connectivity index (χ1) is 5.66. The van der Waals surface area contributed by atoms with Crippen LogP contribution in [0.2, 0.25) is 15.6 Å². The fourth-order valence-corrected chi connectivity index (χ4v) is 1.53. The Morgan fingerprint density at radius 2 is 1.83 bits per heavy atom. The highest BCUT2D eigenvalue weighted by molar-refractivity contribution is 6.32. The summed E-state index contributed by atoms with van der Waals surface area (Å²) >= 11 is 17.0. The van der Waals surface area contributed by atoms with E-state index in [1.165, 1.54) is 0 Å². The molecule has 3 nitrogen and oxygen atoms in total. The van der Waals surface area contributed by atoms with E-state index in [1.54, 1.807) is 16.7 Å². The number of hydrogen-bond acceptors (Lipinski definition) is 2. The molecular formula is C6H2Cl3N3. The third kappa shape index (κ3) is 1.24. The molecule has 0 aliphatic heterocycles. The maximum absolute atomic E-state index is 5.74. The van der Waals surface area contributed by atoms with E-state index in [0.717, 1.165) is 0 Å². The monoisotopic (exact) mass is 221 g/mol. The van der Waals surface area contributed by atoms with E-state index < -0.39 is 0 Å². The quantitative estimate of drug-likeness (QED) is 0.507. The molecule has 0 radical (unpaired) electrons. The zero-order chi connectivity index (χ0) is 8.72. The average molecular weight is 222 g/mol. The lowest BCUT2D eigenvalue weighted by Crippen LogP contribution is -1.88. The van der Waals surface area contributed by atoms with Crippen LogP contribution in [0.25, 0.3) is 5.65 Å². The highest BCUT2D eigenvalue weighted by Gasteiger charge is 2.04. The zero-order valence-electron chi connectivity index (χ0n) is 5.63. The normalized spacial score (nSPS) is 10.9. The van der Waals surface area contributed by atoms with Crippen molar-refractivity contribution < 1.29 is 0 Å². The minimum Gasteiger partial charge on any atom is -0.273 e. The fourth-order valence-electron chi connectivity index (χ4n) is 0.895. The Bertz CT molecular complexity index is 437. The summed E-state index contributed by atoms with van der Waals surface area (Å²) in [5.74, 6) is 0. The third-order valence-corrected chi connectivity index (χ3v) is 1.99. The van der Waals surface area contributed by atoms with Crippen molar-refractivity contribution in [2.24, 2.45) is 0 Å². The van der Waals surface area contributed by atoms with E-state index in [1.807, 2.05) is 0 Å². The molecule has 0 spiro atoms. The van der Waals surface area contributed by atoms with Crippen molar-refractivity contribution in [1.82, 2.24) is 14.4 Å². The van der Waals surface area contributed by atoms with Gasteiger partial charge in [-0.1, -0.05) is 23.2 Å². The molecule has 0 saturated heterocycles. The number of hydrogen-bond donors (Lipinski definition) is 0. The second-order valence-corrected chi connectivity index (χ2v) is 3.25. The van der Waals surface area contributed by atoms with E-state index in [9.17, 15) is 0 Å². The van der Waals surface area contributed by atoms with Crippen molar-refractivity contribution in [1.29, 1.82) is 0 Å². The van der Waals surface area contributed by atoms with Crippen LogP contribution in [0.3, 0.4) is 0 Å². The van der Waals surface area contributed by atoms with Crippen LogP contribution in [0.5, 0.6) is 0 Å². The average Bonchev–Trinajstić information content (AvgIpc) is 2.29. The molecule has 2 rings (SSSR count). The lowest BCUT2D eigenvalue weighted by atomic mass is 10.6. The second kappa shape index (κ2) is 2.76. The van der Waals surface area contributed by atoms with Crippen molar-refractivity contribution in [3.63, 3.8) is 0 Å². The second-order valence-electron chi connectivity index (χ2n) is 2.14. The van der Waals surface area contributed by atoms with E-state index >= 15 is 0 Å². The van der Waals surface area contributed by atoms with Crippen LogP contribution in [0.15, 0.2) is 12.3 Å². The highest BCUT2D eigenvalue weighted by atomic mass is 35.5. The molecule has 0 atom stereocenters. The molecule has 2 aromatic heterocycles. The van der Waals surface area contributed by atoms with Crippen LogP contribution < -0.4 is 0 Å². The summed E-state index contributed by atoms with van der Waals surface area (Å²) in [5, 5.41) is 0.910. The summed E-state index contributed by atoms with van der Waals surface area (Å²) < 4.78 is 1.55. The van der Waals surface area contributed by atoms with E-state index in [2.05, 4.69) is 9.97 Å². The van der Waals surface area contributed by atoms with Crippen molar-refractivity contribution in [2.75, 3.05) is 0 Å². The van der Waals surface area contributed by atoms with Gasteiger partial charge in [-0.2, -0.15) is 0 Å². The van der Waals surface area contributed by atoms with Crippen molar-refractivity contribution in [3.8, 4) is 0 Å². The molecule has 0 bridgehead atoms. The summed E-state index contributed by atoms with van der Waals surface area (Å²) in [6.45, 7) is 0. The fraction of sp³-hybridized carbons (Fsp3) is 0. The maximum atomic E-state index is 5.74. The molecule has 12 heavy (non-hydrogen) atoms. The Morgan fingerprint density at radius 3 is 2.58 bits per heavy atom. The van der Waals surface area contributed by atoms with Gasteiger partial charge >= 0.3 is 0 Å². The summed E-state index contributed by atoms with van der Waals surface area (Å²) in [4.78, 5) is 7.76. The Balaban J connectivity index is 2.88. The van der Waals surface area contributed by atoms with E-state index in [0.29, 0.717) is 16.0 Å². The first kappa shape index (κ1) is 8.10. The van der Waals surface area contributed by atoms with Gasteiger partial charge in [-0.15, -0.1) is 0 Å². The summed E-state index contributed by atoms with van der Waals surface area (Å²) in [5.41, 5.74) is 0.588. The summed E-state index contributed by atoms with van der Waals surface area (Å²) in [6, 6.07) is 1.58. The standard InChI is InChI=1S/C6H2Cl3N3/c7-3-1-5-10-4(8)2-12(5)6(9)11-3/h1-2H. The first-order valence-electron chi connectivity index (χ1n) is 3.03. The largest absolute Gasteiger partial charge is 0.273 e. The molecule has 0 saturated carbocycles. The molecule has 0 aliphatic carbocycles. The van der Waals surface area contributed by atoms with Crippen LogP contribution in [0.4, 0.5) is 0 Å². The Morgan fingerprint density at radius 1 is 1.08 bits per heavy atom. The predicted octanol–water partition coefficient (Wildman–Crippen LogP) is 2.69. The van der Waals surface area contributed by atoms with Crippen LogP contribution in [-0.2, 0) is 0 Å². The molecule has 0 unspecified atom stereocenters. The van der Waals surface area contributed by atoms with Crippen LogP contribution in [0, 0.1) is 0 Å². The zero-order valence-corrected chi connectivity index (χ0v) is 7.90. The number of nitrogens with zero attached hydrogens (tertiary/aromatic N) is 3. The molecule has 0 aliphatic rings. The van der Waals surface area contributed by atoms with Gasteiger partial charge in [0, 0.05) is 6.07 Å². The van der Waals surface area contributed by atoms with Gasteiger partial charge < -0.3 is 0 Å². The molecule has 0 fully saturated rings. The summed E-state index contributed by atoms with van der Waals surface area (Å²) in [7, 11) is 0. The molecule has 0 N–H and O–H groups in total. The van der Waals surface area contributed by atoms with Crippen molar-refractivity contribution >= 4 is 40.4 Å². The van der Waals surface area contributed by atoms with Crippen molar-refractivity contribution in [3.05, 3.63) is 27.9 Å². The molecule has 2 heterocycles. The maximum Gasteiger partial charge on any atom is 0.209 e. The SMILES string of the molecule is Clc1cc2nc(Cl)cn2c(Cl)n1. The first-order valence-corrected chi connectivity index (χ1v) is 4.17. The van der Waals surface area contributed by atoms with Crippen LogP contribution in [0.1, 0.15) is 0 Å². The minimum absolute atomic E-state index is 0.247. The minimum atomic E-state index is 0.247. The molecule has 6 heteroatoms. The smallest absolute Gasteiger partial charge is 0.209 e. The number of rotatable bonds is 0.